The second-order valence-electron chi connectivity index (χ2n) is 7.78. The second-order valence-corrected chi connectivity index (χ2v) is 9.53. The molecule has 8 heteroatoms. The second kappa shape index (κ2) is 8.22. The first-order valence-electron chi connectivity index (χ1n) is 9.45. The molecule has 0 fully saturated rings. The lowest BCUT2D eigenvalue weighted by molar-refractivity contribution is -0.0644. The van der Waals surface area contributed by atoms with Gasteiger partial charge in [0.1, 0.15) is 23.2 Å². The molecule has 0 amide bonds. The maximum atomic E-state index is 11.7. The highest BCUT2D eigenvalue weighted by Gasteiger charge is 2.43. The van der Waals surface area contributed by atoms with Crippen molar-refractivity contribution in [3.05, 3.63) is 53.6 Å². The predicted octanol–water partition coefficient (Wildman–Crippen LogP) is 2.47. The molecule has 1 heterocycles. The summed E-state index contributed by atoms with van der Waals surface area (Å²) in [6.45, 7) is 4.27. The minimum atomic E-state index is -3.48. The number of hydrogen-bond donors (Lipinski definition) is 3. The van der Waals surface area contributed by atoms with Crippen LogP contribution >= 0.6 is 0 Å². The van der Waals surface area contributed by atoms with E-state index in [-0.39, 0.29) is 0 Å². The molecule has 0 aromatic heterocycles. The highest BCUT2D eigenvalue weighted by atomic mass is 32.2. The molecule has 29 heavy (non-hydrogen) atoms. The van der Waals surface area contributed by atoms with E-state index in [2.05, 4.69) is 22.2 Å². The van der Waals surface area contributed by atoms with Gasteiger partial charge >= 0.3 is 0 Å². The van der Waals surface area contributed by atoms with Gasteiger partial charge in [-0.2, -0.15) is 0 Å². The number of ether oxygens (including phenoxy) is 2. The first kappa shape index (κ1) is 21.4. The Morgan fingerprint density at radius 3 is 2.52 bits per heavy atom. The Bertz CT molecular complexity index is 961. The number of rotatable bonds is 7. The van der Waals surface area contributed by atoms with Crippen molar-refractivity contribution in [2.75, 3.05) is 24.6 Å². The lowest BCUT2D eigenvalue weighted by Crippen LogP contribution is -2.52. The molecule has 2 atom stereocenters. The van der Waals surface area contributed by atoms with Gasteiger partial charge in [0.2, 0.25) is 10.0 Å². The molecule has 0 aliphatic carbocycles. The van der Waals surface area contributed by atoms with Crippen molar-refractivity contribution < 1.29 is 23.0 Å². The smallest absolute Gasteiger partial charge is 0.229 e. The van der Waals surface area contributed by atoms with E-state index in [1.807, 2.05) is 18.2 Å². The number of benzene rings is 2. The van der Waals surface area contributed by atoms with Gasteiger partial charge in [-0.1, -0.05) is 30.3 Å². The van der Waals surface area contributed by atoms with Gasteiger partial charge in [0.25, 0.3) is 0 Å². The van der Waals surface area contributed by atoms with Crippen LogP contribution in [0.4, 0.5) is 5.69 Å². The fraction of sp³-hybridized carbons (Fsp3) is 0.429. The molecular formula is C21H28N2O5S. The molecule has 2 aromatic rings. The normalized spacial score (nSPS) is 20.4. The molecule has 0 unspecified atom stereocenters. The van der Waals surface area contributed by atoms with E-state index in [9.17, 15) is 13.5 Å². The van der Waals surface area contributed by atoms with Crippen LogP contribution in [0.2, 0.25) is 0 Å². The molecule has 7 nitrogen and oxygen atoms in total. The Morgan fingerprint density at radius 1 is 1.21 bits per heavy atom. The minimum Gasteiger partial charge on any atom is -0.495 e. The number of aliphatic hydroxyl groups is 1. The molecule has 158 valence electrons. The van der Waals surface area contributed by atoms with Crippen LogP contribution in [0.15, 0.2) is 42.5 Å². The third-order valence-corrected chi connectivity index (χ3v) is 5.57. The van der Waals surface area contributed by atoms with Crippen molar-refractivity contribution >= 4 is 15.7 Å². The third-order valence-electron chi connectivity index (χ3n) is 4.98. The molecule has 3 rings (SSSR count). The van der Waals surface area contributed by atoms with E-state index in [0.29, 0.717) is 23.7 Å². The van der Waals surface area contributed by atoms with Gasteiger partial charge < -0.3 is 19.9 Å². The number of anilines is 1. The number of aliphatic hydroxyl groups excluding tert-OH is 1. The lowest BCUT2D eigenvalue weighted by atomic mass is 9.86. The van der Waals surface area contributed by atoms with Crippen LogP contribution in [-0.4, -0.2) is 45.1 Å². The Hall–Kier alpha value is -2.29. The average molecular weight is 421 g/mol. The molecule has 0 spiro atoms. The van der Waals surface area contributed by atoms with Crippen LogP contribution in [0.3, 0.4) is 0 Å². The van der Waals surface area contributed by atoms with E-state index < -0.39 is 27.8 Å². The topological polar surface area (TPSA) is 96.9 Å². The van der Waals surface area contributed by atoms with Crippen LogP contribution in [0.1, 0.15) is 31.0 Å². The Kier molecular flexibility index (Phi) is 6.07. The van der Waals surface area contributed by atoms with Gasteiger partial charge in [-0.05, 0) is 38.4 Å². The van der Waals surface area contributed by atoms with Crippen LogP contribution in [0.25, 0.3) is 0 Å². The van der Waals surface area contributed by atoms with Crippen LogP contribution in [-0.2, 0) is 16.4 Å². The minimum absolute atomic E-state index is 0.295. The maximum Gasteiger partial charge on any atom is 0.229 e. The van der Waals surface area contributed by atoms with Crippen molar-refractivity contribution in [2.24, 2.45) is 0 Å². The van der Waals surface area contributed by atoms with Crippen molar-refractivity contribution in [3.63, 3.8) is 0 Å². The van der Waals surface area contributed by atoms with Gasteiger partial charge in [-0.3, -0.25) is 4.72 Å². The van der Waals surface area contributed by atoms with Crippen LogP contribution < -0.4 is 19.5 Å². The predicted molar refractivity (Wildman–Crippen MR) is 113 cm³/mol. The third kappa shape index (κ3) is 5.01. The maximum absolute atomic E-state index is 11.7. The van der Waals surface area contributed by atoms with E-state index in [0.717, 1.165) is 18.2 Å². The van der Waals surface area contributed by atoms with E-state index in [4.69, 9.17) is 9.47 Å². The quantitative estimate of drug-likeness (QED) is 0.637. The Balaban J connectivity index is 1.91. The monoisotopic (exact) mass is 420 g/mol. The summed E-state index contributed by atoms with van der Waals surface area (Å²) in [6, 6.07) is 13.0. The summed E-state index contributed by atoms with van der Waals surface area (Å²) < 4.78 is 37.2. The summed E-state index contributed by atoms with van der Waals surface area (Å²) in [5, 5.41) is 14.3. The van der Waals surface area contributed by atoms with Gasteiger partial charge in [0, 0.05) is 11.6 Å². The number of hydrogen-bond acceptors (Lipinski definition) is 6. The summed E-state index contributed by atoms with van der Waals surface area (Å²) in [5.74, 6) is 0.865. The fourth-order valence-corrected chi connectivity index (χ4v) is 4.07. The summed E-state index contributed by atoms with van der Waals surface area (Å²) in [4.78, 5) is 0. The highest BCUT2D eigenvalue weighted by Crippen LogP contribution is 2.44. The fourth-order valence-electron chi connectivity index (χ4n) is 3.51. The molecule has 2 aromatic carbocycles. The van der Waals surface area contributed by atoms with Gasteiger partial charge in [-0.15, -0.1) is 0 Å². The molecule has 0 saturated carbocycles. The van der Waals surface area contributed by atoms with Gasteiger partial charge in [0.15, 0.2) is 0 Å². The number of methoxy groups -OCH3 is 1. The molecule has 0 radical (unpaired) electrons. The van der Waals surface area contributed by atoms with E-state index >= 15 is 0 Å². The first-order chi connectivity index (χ1) is 13.6. The van der Waals surface area contributed by atoms with Crippen molar-refractivity contribution in [2.45, 2.75) is 38.0 Å². The van der Waals surface area contributed by atoms with Gasteiger partial charge in [0.05, 0.1) is 25.1 Å². The zero-order valence-electron chi connectivity index (χ0n) is 17.1. The molecule has 0 bridgehead atoms. The summed E-state index contributed by atoms with van der Waals surface area (Å²) in [6.07, 6.45) is 1.09. The zero-order chi connectivity index (χ0) is 21.2. The Labute approximate surface area is 172 Å². The highest BCUT2D eigenvalue weighted by molar-refractivity contribution is 7.92. The number of nitrogens with one attached hydrogen (secondary N) is 2. The number of sulfonamides is 1. The van der Waals surface area contributed by atoms with Crippen molar-refractivity contribution in [1.82, 2.24) is 5.32 Å². The van der Waals surface area contributed by atoms with E-state index in [1.165, 1.54) is 12.7 Å². The Morgan fingerprint density at radius 2 is 1.90 bits per heavy atom. The van der Waals surface area contributed by atoms with Gasteiger partial charge in [-0.25, -0.2) is 8.42 Å². The summed E-state index contributed by atoms with van der Waals surface area (Å²) in [5.41, 5.74) is 1.37. The number of fused-ring (bicyclic) bond motifs is 1. The van der Waals surface area contributed by atoms with Crippen LogP contribution in [0, 0.1) is 0 Å². The molecular weight excluding hydrogens is 392 g/mol. The molecule has 1 aliphatic heterocycles. The van der Waals surface area contributed by atoms with Crippen molar-refractivity contribution in [3.8, 4) is 11.5 Å². The summed E-state index contributed by atoms with van der Waals surface area (Å²) in [7, 11) is -2.02. The molecule has 1 aliphatic rings. The van der Waals surface area contributed by atoms with E-state index in [1.54, 1.807) is 26.0 Å². The lowest BCUT2D eigenvalue weighted by Gasteiger charge is -2.42. The zero-order valence-corrected chi connectivity index (χ0v) is 17.9. The standard InChI is InChI=1S/C21H28N2O5S/c1-21(2)20(24)19(22-11-10-14-8-6-5-7-9-14)15-12-18(27-3)16(13-17(15)28-21)23-29(4,25)26/h5-9,12-13,19-20,22-24H,10-11H2,1-4H3/t19-,20+/m0/s1. The summed E-state index contributed by atoms with van der Waals surface area (Å²) >= 11 is 0. The largest absolute Gasteiger partial charge is 0.495 e. The van der Waals surface area contributed by atoms with Crippen LogP contribution in [0.5, 0.6) is 11.5 Å². The SMILES string of the molecule is COc1cc2c(cc1NS(C)(=O)=O)OC(C)(C)[C@H](O)[C@H]2NCCc1ccccc1. The molecule has 0 saturated heterocycles. The average Bonchev–Trinajstić information content (AvgIpc) is 2.64. The molecule has 3 N–H and O–H groups in total. The van der Waals surface area contributed by atoms with Crippen molar-refractivity contribution in [1.29, 1.82) is 0 Å². The first-order valence-corrected chi connectivity index (χ1v) is 11.3.